The number of aromatic hydroxyl groups is 1. The lowest BCUT2D eigenvalue weighted by atomic mass is 10.0. The number of ether oxygens (including phenoxy) is 1. The Kier molecular flexibility index (Phi) is 4.42. The van der Waals surface area contributed by atoms with Gasteiger partial charge in [-0.15, -0.1) is 0 Å². The van der Waals surface area contributed by atoms with Crippen molar-refractivity contribution < 1.29 is 29.2 Å². The van der Waals surface area contributed by atoms with Crippen LogP contribution in [0.1, 0.15) is 18.1 Å². The number of esters is 1. The van der Waals surface area contributed by atoms with Crippen molar-refractivity contribution in [1.82, 2.24) is 0 Å². The fourth-order valence-electron chi connectivity index (χ4n) is 1.34. The summed E-state index contributed by atoms with van der Waals surface area (Å²) >= 11 is 0. The summed E-state index contributed by atoms with van der Waals surface area (Å²) in [6.07, 6.45) is -3.49. The number of hydrogen-bond donors (Lipinski definition) is 3. The first-order valence-electron chi connectivity index (χ1n) is 4.87. The lowest BCUT2D eigenvalue weighted by Crippen LogP contribution is -2.22. The van der Waals surface area contributed by atoms with E-state index in [1.54, 1.807) is 0 Å². The van der Waals surface area contributed by atoms with E-state index in [-0.39, 0.29) is 11.3 Å². The van der Waals surface area contributed by atoms with E-state index in [0.29, 0.717) is 0 Å². The van der Waals surface area contributed by atoms with Gasteiger partial charge in [0.05, 0.1) is 19.6 Å². The van der Waals surface area contributed by atoms with Gasteiger partial charge in [-0.1, -0.05) is 0 Å². The normalized spacial score (nSPS) is 14.1. The number of methoxy groups -OCH3 is 1. The molecule has 0 aliphatic heterocycles. The minimum absolute atomic E-state index is 0.179. The first-order chi connectivity index (χ1) is 7.95. The van der Waals surface area contributed by atoms with Crippen molar-refractivity contribution in [3.8, 4) is 5.75 Å². The molecule has 0 spiro atoms. The van der Waals surface area contributed by atoms with E-state index >= 15 is 0 Å². The quantitative estimate of drug-likeness (QED) is 0.671. The topological polar surface area (TPSA) is 87.0 Å². The van der Waals surface area contributed by atoms with Gasteiger partial charge in [-0.2, -0.15) is 0 Å². The number of carbonyl (C=O) groups is 1. The predicted molar refractivity (Wildman–Crippen MR) is 55.7 cm³/mol. The molecule has 0 aliphatic rings. The molecule has 94 valence electrons. The summed E-state index contributed by atoms with van der Waals surface area (Å²) in [7, 11) is 1.14. The van der Waals surface area contributed by atoms with Gasteiger partial charge in [0.1, 0.15) is 17.7 Å². The van der Waals surface area contributed by atoms with E-state index in [4.69, 9.17) is 0 Å². The van der Waals surface area contributed by atoms with Crippen LogP contribution in [0.25, 0.3) is 0 Å². The number of rotatable bonds is 4. The fraction of sp³-hybridized carbons (Fsp3) is 0.364. The summed E-state index contributed by atoms with van der Waals surface area (Å²) in [4.78, 5) is 10.9. The molecule has 0 aliphatic carbocycles. The van der Waals surface area contributed by atoms with Gasteiger partial charge in [0.2, 0.25) is 0 Å². The van der Waals surface area contributed by atoms with Crippen LogP contribution in [0.4, 0.5) is 4.39 Å². The molecular weight excluding hydrogens is 231 g/mol. The average molecular weight is 244 g/mol. The third-order valence-corrected chi connectivity index (χ3v) is 2.28. The van der Waals surface area contributed by atoms with Crippen LogP contribution in [0.5, 0.6) is 5.75 Å². The zero-order chi connectivity index (χ0) is 13.0. The molecule has 0 saturated carbocycles. The number of carbonyl (C=O) groups excluding carboxylic acids is 1. The highest BCUT2D eigenvalue weighted by atomic mass is 19.1. The second-order valence-electron chi connectivity index (χ2n) is 3.50. The maximum atomic E-state index is 12.9. The van der Waals surface area contributed by atoms with Gasteiger partial charge in [0, 0.05) is 5.56 Å². The van der Waals surface area contributed by atoms with Crippen LogP contribution in [-0.4, -0.2) is 34.5 Å². The van der Waals surface area contributed by atoms with Crippen molar-refractivity contribution in [3.63, 3.8) is 0 Å². The van der Waals surface area contributed by atoms with Crippen LogP contribution in [0, 0.1) is 5.82 Å². The molecule has 3 N–H and O–H groups in total. The highest BCUT2D eigenvalue weighted by molar-refractivity contribution is 5.69. The Balaban J connectivity index is 2.84. The van der Waals surface area contributed by atoms with Crippen LogP contribution >= 0.6 is 0 Å². The number of aliphatic hydroxyl groups is 2. The van der Waals surface area contributed by atoms with Gasteiger partial charge in [-0.3, -0.25) is 4.79 Å². The number of benzene rings is 1. The Morgan fingerprint density at radius 3 is 2.71 bits per heavy atom. The molecule has 2 atom stereocenters. The van der Waals surface area contributed by atoms with E-state index in [9.17, 15) is 24.5 Å². The van der Waals surface area contributed by atoms with Crippen LogP contribution in [0.2, 0.25) is 0 Å². The first kappa shape index (κ1) is 13.4. The maximum Gasteiger partial charge on any atom is 0.308 e. The molecule has 0 bridgehead atoms. The molecular formula is C11H13FO5. The van der Waals surface area contributed by atoms with Crippen molar-refractivity contribution in [2.24, 2.45) is 0 Å². The van der Waals surface area contributed by atoms with Gasteiger partial charge in [0.15, 0.2) is 0 Å². The van der Waals surface area contributed by atoms with E-state index < -0.39 is 30.4 Å². The molecule has 1 aromatic carbocycles. The largest absolute Gasteiger partial charge is 0.508 e. The van der Waals surface area contributed by atoms with Crippen molar-refractivity contribution in [2.45, 2.75) is 18.6 Å². The second-order valence-corrected chi connectivity index (χ2v) is 3.50. The summed E-state index contributed by atoms with van der Waals surface area (Å²) < 4.78 is 17.2. The molecule has 0 radical (unpaired) electrons. The summed E-state index contributed by atoms with van der Waals surface area (Å²) in [5, 5.41) is 28.5. The first-order valence-corrected chi connectivity index (χ1v) is 4.87. The average Bonchev–Trinajstić information content (AvgIpc) is 2.31. The van der Waals surface area contributed by atoms with Crippen LogP contribution in [0.15, 0.2) is 18.2 Å². The molecule has 0 aromatic heterocycles. The van der Waals surface area contributed by atoms with Crippen LogP contribution < -0.4 is 0 Å². The zero-order valence-electron chi connectivity index (χ0n) is 9.13. The van der Waals surface area contributed by atoms with Gasteiger partial charge in [-0.05, 0) is 18.2 Å². The maximum absolute atomic E-state index is 12.9. The molecule has 0 amide bonds. The second kappa shape index (κ2) is 5.60. The molecule has 1 aromatic rings. The van der Waals surface area contributed by atoms with E-state index in [1.807, 2.05) is 0 Å². The molecule has 0 heterocycles. The minimum atomic E-state index is -1.57. The predicted octanol–water partition coefficient (Wildman–Crippen LogP) is 0.489. The highest BCUT2D eigenvalue weighted by Crippen LogP contribution is 2.28. The Bertz CT molecular complexity index is 407. The summed E-state index contributed by atoms with van der Waals surface area (Å²) in [5.41, 5.74) is -0.179. The molecule has 0 fully saturated rings. The SMILES string of the molecule is COC(=O)CC(O)C(O)c1cc(F)ccc1O. The summed E-state index contributed by atoms with van der Waals surface area (Å²) in [6.45, 7) is 0. The van der Waals surface area contributed by atoms with Crippen molar-refractivity contribution in [2.75, 3.05) is 7.11 Å². The van der Waals surface area contributed by atoms with Crippen LogP contribution in [0.3, 0.4) is 0 Å². The lowest BCUT2D eigenvalue weighted by molar-refractivity contribution is -0.144. The molecule has 17 heavy (non-hydrogen) atoms. The zero-order valence-corrected chi connectivity index (χ0v) is 9.13. The standard InChI is InChI=1S/C11H13FO5/c1-17-10(15)5-9(14)11(16)7-4-6(12)2-3-8(7)13/h2-4,9,11,13-14,16H,5H2,1H3. The fourth-order valence-corrected chi connectivity index (χ4v) is 1.34. The van der Waals surface area contributed by atoms with Crippen molar-refractivity contribution >= 4 is 5.97 Å². The number of aliphatic hydroxyl groups excluding tert-OH is 2. The third kappa shape index (κ3) is 3.40. The highest BCUT2D eigenvalue weighted by Gasteiger charge is 2.24. The van der Waals surface area contributed by atoms with Crippen molar-refractivity contribution in [3.05, 3.63) is 29.6 Å². The van der Waals surface area contributed by atoms with Crippen LogP contribution in [-0.2, 0) is 9.53 Å². The van der Waals surface area contributed by atoms with Gasteiger partial charge < -0.3 is 20.1 Å². The molecule has 0 saturated heterocycles. The summed E-state index contributed by atoms with van der Waals surface area (Å²) in [6, 6.07) is 2.96. The number of halogens is 1. The Morgan fingerprint density at radius 2 is 2.12 bits per heavy atom. The monoisotopic (exact) mass is 244 g/mol. The van der Waals surface area contributed by atoms with Gasteiger partial charge in [0.25, 0.3) is 0 Å². The molecule has 1 rings (SSSR count). The molecule has 6 heteroatoms. The lowest BCUT2D eigenvalue weighted by Gasteiger charge is -2.18. The number of hydrogen-bond acceptors (Lipinski definition) is 5. The molecule has 2 unspecified atom stereocenters. The minimum Gasteiger partial charge on any atom is -0.508 e. The van der Waals surface area contributed by atoms with Gasteiger partial charge >= 0.3 is 5.97 Å². The number of phenolic OH excluding ortho intramolecular Hbond substituents is 1. The Hall–Kier alpha value is -1.66. The molecule has 5 nitrogen and oxygen atoms in total. The van der Waals surface area contributed by atoms with E-state index in [1.165, 1.54) is 0 Å². The number of phenols is 1. The Morgan fingerprint density at radius 1 is 1.47 bits per heavy atom. The Labute approximate surface area is 97.1 Å². The summed E-state index contributed by atoms with van der Waals surface area (Å²) in [5.74, 6) is -1.74. The van der Waals surface area contributed by atoms with Crippen molar-refractivity contribution in [1.29, 1.82) is 0 Å². The third-order valence-electron chi connectivity index (χ3n) is 2.28. The van der Waals surface area contributed by atoms with E-state index in [0.717, 1.165) is 25.3 Å². The smallest absolute Gasteiger partial charge is 0.308 e. The van der Waals surface area contributed by atoms with Gasteiger partial charge in [-0.25, -0.2) is 4.39 Å². The van der Waals surface area contributed by atoms with E-state index in [2.05, 4.69) is 4.74 Å².